The van der Waals surface area contributed by atoms with Crippen LogP contribution in [0.25, 0.3) is 0 Å². The van der Waals surface area contributed by atoms with Gasteiger partial charge in [-0.1, -0.05) is 151 Å². The molecule has 10 nitrogen and oxygen atoms in total. The molecule has 4 atom stereocenters. The Morgan fingerprint density at radius 2 is 1.25 bits per heavy atom. The number of phosphoric ester groups is 1. The second-order valence-electron chi connectivity index (χ2n) is 12.8. The summed E-state index contributed by atoms with van der Waals surface area (Å²) < 4.78 is 26.2. The highest BCUT2D eigenvalue weighted by Crippen LogP contribution is 2.36. The van der Waals surface area contributed by atoms with E-state index >= 15 is 0 Å². The maximum absolute atomic E-state index is 12.3. The van der Waals surface area contributed by atoms with Gasteiger partial charge in [-0.3, -0.25) is 14.1 Å². The van der Waals surface area contributed by atoms with Gasteiger partial charge in [0.15, 0.2) is 6.10 Å². The highest BCUT2D eigenvalue weighted by atomic mass is 31.2. The van der Waals surface area contributed by atoms with Crippen LogP contribution in [0.2, 0.25) is 0 Å². The summed E-state index contributed by atoms with van der Waals surface area (Å²) in [6.45, 7) is 5.62. The molecule has 0 aliphatic carbocycles. The zero-order valence-corrected chi connectivity index (χ0v) is 32.3. The van der Waals surface area contributed by atoms with Crippen molar-refractivity contribution < 1.29 is 48.2 Å². The highest BCUT2D eigenvalue weighted by Gasteiger charge is 2.22. The van der Waals surface area contributed by atoms with Crippen molar-refractivity contribution in [2.75, 3.05) is 13.2 Å². The Bertz CT molecular complexity index is 1100. The first-order valence-corrected chi connectivity index (χ1v) is 20.4. The number of aliphatic hydroxyl groups is 2. The predicted molar refractivity (Wildman–Crippen MR) is 205 cm³/mol. The Labute approximate surface area is 307 Å². The zero-order chi connectivity index (χ0) is 38.0. The predicted octanol–water partition coefficient (Wildman–Crippen LogP) is 8.92. The average molecular weight is 739 g/mol. The quantitative estimate of drug-likeness (QED) is 0.0173. The van der Waals surface area contributed by atoms with Crippen molar-refractivity contribution in [3.8, 4) is 0 Å². The lowest BCUT2D eigenvalue weighted by Crippen LogP contribution is -2.29. The molecule has 0 saturated carbocycles. The van der Waals surface area contributed by atoms with Gasteiger partial charge in [0.25, 0.3) is 0 Å². The lowest BCUT2D eigenvalue weighted by molar-refractivity contribution is -0.161. The van der Waals surface area contributed by atoms with Crippen LogP contribution in [-0.4, -0.2) is 63.5 Å². The van der Waals surface area contributed by atoms with Gasteiger partial charge in [0.2, 0.25) is 0 Å². The van der Waals surface area contributed by atoms with E-state index < -0.39 is 44.7 Å². The van der Waals surface area contributed by atoms with E-state index in [0.717, 1.165) is 31.6 Å². The number of carbonyl (C=O) groups is 2. The van der Waals surface area contributed by atoms with Crippen molar-refractivity contribution in [3.63, 3.8) is 0 Å². The minimum atomic E-state index is -4.79. The monoisotopic (exact) mass is 738 g/mol. The fourth-order valence-corrected chi connectivity index (χ4v) is 5.08. The molecule has 1 unspecified atom stereocenters. The van der Waals surface area contributed by atoms with Crippen LogP contribution in [0, 0.1) is 5.92 Å². The second-order valence-corrected chi connectivity index (χ2v) is 14.1. The molecule has 0 rings (SSSR count). The minimum absolute atomic E-state index is 0.0825. The standard InChI is InChI=1S/C40H67O10P/c1-4-6-19-27-36(41)29-22-17-18-23-30-37(42)28-21-14-11-12-15-24-31-39(43)48-33-38(34-49-51(45,46)47)50-40(44)32-25-16-10-8-7-9-13-20-26-35(3)5-2/h6,12,14-15,17-19,21-23,29-30,35-38,41-42H,4-5,7-11,13,16,20,24-28,31-34H2,1-3H3,(H2,45,46,47)/b15-12-,18-17-,19-6-,21-14-,29-22+,30-23+/t35?,36-,37+,38-/m1/s1. The largest absolute Gasteiger partial charge is 0.469 e. The van der Waals surface area contributed by atoms with E-state index in [2.05, 4.69) is 18.4 Å². The molecule has 4 N–H and O–H groups in total. The number of aliphatic hydroxyl groups excluding tert-OH is 2. The van der Waals surface area contributed by atoms with Crippen molar-refractivity contribution in [1.82, 2.24) is 0 Å². The third-order valence-corrected chi connectivity index (χ3v) is 8.45. The first kappa shape index (κ1) is 48.4. The molecule has 0 aromatic rings. The van der Waals surface area contributed by atoms with Gasteiger partial charge in [0.1, 0.15) is 6.61 Å². The van der Waals surface area contributed by atoms with Gasteiger partial charge in [0, 0.05) is 12.8 Å². The molecule has 0 aliphatic rings. The van der Waals surface area contributed by atoms with Crippen LogP contribution < -0.4 is 0 Å². The minimum Gasteiger partial charge on any atom is -0.462 e. The molecule has 11 heteroatoms. The van der Waals surface area contributed by atoms with Crippen LogP contribution in [0.3, 0.4) is 0 Å². The van der Waals surface area contributed by atoms with Gasteiger partial charge in [-0.25, -0.2) is 4.57 Å². The molecular weight excluding hydrogens is 671 g/mol. The van der Waals surface area contributed by atoms with Gasteiger partial charge < -0.3 is 29.5 Å². The van der Waals surface area contributed by atoms with Crippen LogP contribution in [-0.2, 0) is 28.2 Å². The normalized spacial score (nSPS) is 15.2. The van der Waals surface area contributed by atoms with Crippen LogP contribution in [0.5, 0.6) is 0 Å². The van der Waals surface area contributed by atoms with Gasteiger partial charge in [0.05, 0.1) is 18.8 Å². The van der Waals surface area contributed by atoms with Crippen molar-refractivity contribution in [3.05, 3.63) is 72.9 Å². The van der Waals surface area contributed by atoms with Crippen molar-refractivity contribution in [2.45, 2.75) is 148 Å². The molecule has 0 saturated heterocycles. The van der Waals surface area contributed by atoms with Gasteiger partial charge >= 0.3 is 19.8 Å². The van der Waals surface area contributed by atoms with Gasteiger partial charge in [-0.15, -0.1) is 0 Å². The van der Waals surface area contributed by atoms with Crippen LogP contribution in [0.4, 0.5) is 0 Å². The summed E-state index contributed by atoms with van der Waals surface area (Å²) in [4.78, 5) is 42.6. The average Bonchev–Trinajstić information content (AvgIpc) is 3.08. The molecule has 0 heterocycles. The number of allylic oxidation sites excluding steroid dienone is 8. The number of ether oxygens (including phenoxy) is 2. The number of esters is 2. The molecule has 0 aromatic heterocycles. The zero-order valence-electron chi connectivity index (χ0n) is 31.4. The summed E-state index contributed by atoms with van der Waals surface area (Å²) in [6, 6.07) is 0. The molecule has 0 spiro atoms. The van der Waals surface area contributed by atoms with Crippen molar-refractivity contribution in [1.29, 1.82) is 0 Å². The number of phosphoric acid groups is 1. The Morgan fingerprint density at radius 3 is 1.84 bits per heavy atom. The number of hydrogen-bond acceptors (Lipinski definition) is 8. The lowest BCUT2D eigenvalue weighted by Gasteiger charge is -2.18. The van der Waals surface area contributed by atoms with E-state index in [0.29, 0.717) is 32.1 Å². The maximum Gasteiger partial charge on any atom is 0.469 e. The van der Waals surface area contributed by atoms with Crippen LogP contribution in [0.15, 0.2) is 72.9 Å². The fraction of sp³-hybridized carbons (Fsp3) is 0.650. The second kappa shape index (κ2) is 33.3. The number of unbranched alkanes of at least 4 members (excludes halogenated alkanes) is 7. The molecule has 0 bridgehead atoms. The van der Waals surface area contributed by atoms with Crippen LogP contribution >= 0.6 is 7.82 Å². The van der Waals surface area contributed by atoms with Crippen molar-refractivity contribution >= 4 is 19.8 Å². The van der Waals surface area contributed by atoms with E-state index in [1.54, 1.807) is 36.5 Å². The summed E-state index contributed by atoms with van der Waals surface area (Å²) >= 11 is 0. The van der Waals surface area contributed by atoms with E-state index in [9.17, 15) is 24.4 Å². The lowest BCUT2D eigenvalue weighted by atomic mass is 9.99. The highest BCUT2D eigenvalue weighted by molar-refractivity contribution is 7.46. The van der Waals surface area contributed by atoms with E-state index in [1.165, 1.54) is 38.5 Å². The molecular formula is C40H67O10P. The van der Waals surface area contributed by atoms with E-state index in [4.69, 9.17) is 19.3 Å². The number of carbonyl (C=O) groups excluding carboxylic acids is 2. The Kier molecular flexibility index (Phi) is 31.6. The summed E-state index contributed by atoms with van der Waals surface area (Å²) in [5.74, 6) is -0.257. The van der Waals surface area contributed by atoms with Gasteiger partial charge in [-0.05, 0) is 44.4 Å². The Morgan fingerprint density at radius 1 is 0.686 bits per heavy atom. The maximum atomic E-state index is 12.3. The Hall–Kier alpha value is -2.59. The third-order valence-electron chi connectivity index (χ3n) is 7.96. The van der Waals surface area contributed by atoms with Crippen molar-refractivity contribution in [2.24, 2.45) is 5.92 Å². The molecule has 51 heavy (non-hydrogen) atoms. The Balaban J connectivity index is 4.26. The first-order chi connectivity index (χ1) is 24.5. The number of hydrogen-bond donors (Lipinski definition) is 4. The summed E-state index contributed by atoms with van der Waals surface area (Å²) in [6.07, 6.45) is 34.2. The fourth-order valence-electron chi connectivity index (χ4n) is 4.72. The third kappa shape index (κ3) is 35.6. The molecule has 0 aliphatic heterocycles. The molecule has 0 radical (unpaired) electrons. The molecule has 0 fully saturated rings. The summed E-state index contributed by atoms with van der Waals surface area (Å²) in [5.41, 5.74) is 0. The number of rotatable bonds is 32. The van der Waals surface area contributed by atoms with Gasteiger partial charge in [-0.2, -0.15) is 0 Å². The van der Waals surface area contributed by atoms with E-state index in [1.807, 2.05) is 43.4 Å². The smallest absolute Gasteiger partial charge is 0.462 e. The van der Waals surface area contributed by atoms with E-state index in [-0.39, 0.29) is 19.4 Å². The molecule has 0 amide bonds. The topological polar surface area (TPSA) is 160 Å². The summed E-state index contributed by atoms with van der Waals surface area (Å²) in [5, 5.41) is 19.9. The molecule has 0 aromatic carbocycles. The SMILES string of the molecule is CC/C=C\C[C@@H](O)/C=C/C=C\C=C\[C@@H](O)C/C=C\C/C=C\CCC(=O)OC[C@H](COP(=O)(O)O)OC(=O)CCCCCCCCCCC(C)CC. The molecule has 292 valence electrons. The first-order valence-electron chi connectivity index (χ1n) is 18.8. The van der Waals surface area contributed by atoms with Crippen LogP contribution in [0.1, 0.15) is 130 Å². The summed E-state index contributed by atoms with van der Waals surface area (Å²) in [7, 11) is -4.79.